The summed E-state index contributed by atoms with van der Waals surface area (Å²) in [5, 5.41) is 5.15. The van der Waals surface area contributed by atoms with Gasteiger partial charge >= 0.3 is 6.36 Å². The molecule has 33 heavy (non-hydrogen) atoms. The Labute approximate surface area is 198 Å². The maximum Gasteiger partial charge on any atom is 0.573 e. The van der Waals surface area contributed by atoms with Crippen LogP contribution in [0.15, 0.2) is 48.5 Å². The van der Waals surface area contributed by atoms with E-state index in [0.717, 1.165) is 12.1 Å². The van der Waals surface area contributed by atoms with Gasteiger partial charge in [0.2, 0.25) is 5.91 Å². The minimum absolute atomic E-state index is 0.105. The number of hydrogen-bond donors (Lipinski definition) is 5. The quantitative estimate of drug-likeness (QED) is 0.117. The molecule has 0 radical (unpaired) electrons. The molecule has 4 N–H and O–H groups in total. The van der Waals surface area contributed by atoms with Crippen molar-refractivity contribution in [3.05, 3.63) is 48.5 Å². The van der Waals surface area contributed by atoms with Crippen LogP contribution in [0.4, 0.5) is 24.5 Å². The number of alkyl halides is 3. The molecule has 0 aliphatic carbocycles. The molecule has 0 fully saturated rings. The number of ketones is 1. The summed E-state index contributed by atoms with van der Waals surface area (Å²) in [6.07, 6.45) is -5.31. The van der Waals surface area contributed by atoms with Crippen molar-refractivity contribution in [1.82, 2.24) is 10.9 Å². The molecule has 1 amide bonds. The largest absolute Gasteiger partial charge is 0.573 e. The molecule has 2 aromatic carbocycles. The normalized spacial score (nSPS) is 11.7. The fraction of sp³-hybridized carbons (Fsp3) is 0.250. The van der Waals surface area contributed by atoms with Gasteiger partial charge in [-0.3, -0.25) is 20.4 Å². The maximum atomic E-state index is 12.2. The highest BCUT2D eigenvalue weighted by Gasteiger charge is 2.31. The topological polar surface area (TPSA) is 101 Å². The van der Waals surface area contributed by atoms with E-state index in [4.69, 9.17) is 17.0 Å². The molecular weight excluding hydrogens is 481 g/mol. The van der Waals surface area contributed by atoms with Crippen LogP contribution in [0.3, 0.4) is 0 Å². The van der Waals surface area contributed by atoms with E-state index in [0.29, 0.717) is 17.1 Å². The molecule has 2 aromatic rings. The lowest BCUT2D eigenvalue weighted by molar-refractivity contribution is -0.274. The number of anilines is 2. The number of Topliss-reactive ketones (excluding diaryl/α,β-unsaturated/α-hetero) is 1. The van der Waals surface area contributed by atoms with Crippen LogP contribution in [0.1, 0.15) is 12.8 Å². The first-order chi connectivity index (χ1) is 15.5. The number of carbonyl (C=O) groups excluding carboxylic acids is 2. The first kappa shape index (κ1) is 26.1. The summed E-state index contributed by atoms with van der Waals surface area (Å²) in [4.78, 5) is 24.0. The summed E-state index contributed by atoms with van der Waals surface area (Å²) >= 11 is 9.29. The van der Waals surface area contributed by atoms with Gasteiger partial charge in [-0.1, -0.05) is 0 Å². The van der Waals surface area contributed by atoms with Gasteiger partial charge in [0.1, 0.15) is 17.3 Å². The zero-order valence-corrected chi connectivity index (χ0v) is 18.9. The van der Waals surface area contributed by atoms with Crippen molar-refractivity contribution in [3.8, 4) is 11.5 Å². The van der Waals surface area contributed by atoms with Crippen LogP contribution in [-0.4, -0.2) is 35.6 Å². The predicted octanol–water partition coefficient (Wildman–Crippen LogP) is 3.63. The molecular formula is C20H21F3N4O4S2. The fourth-order valence-electron chi connectivity index (χ4n) is 2.47. The van der Waals surface area contributed by atoms with E-state index in [9.17, 15) is 22.8 Å². The molecule has 0 spiro atoms. The van der Waals surface area contributed by atoms with E-state index in [1.807, 2.05) is 0 Å². The van der Waals surface area contributed by atoms with Gasteiger partial charge < -0.3 is 20.1 Å². The zero-order chi connectivity index (χ0) is 24.4. The second kappa shape index (κ2) is 12.2. The third kappa shape index (κ3) is 10.3. The molecule has 2 rings (SSSR count). The number of nitrogens with one attached hydrogen (secondary N) is 4. The summed E-state index contributed by atoms with van der Waals surface area (Å²) in [5.41, 5.74) is 5.90. The Bertz CT molecular complexity index is 957. The summed E-state index contributed by atoms with van der Waals surface area (Å²) in [6.45, 7) is 0. The summed E-state index contributed by atoms with van der Waals surface area (Å²) < 4.78 is 45.4. The standard InChI is InChI=1S/C20H21F3N4O4S2/c1-30-15-6-2-13(3-7-15)25-19(33)27-26-17(29)10-14(28)11-18(32)24-12-4-8-16(9-5-12)31-20(21,22)23/h2-9,18,24,32H,10-11H2,1H3,(H,26,29)(H2,25,27,33). The van der Waals surface area contributed by atoms with Crippen molar-refractivity contribution < 1.29 is 32.2 Å². The monoisotopic (exact) mass is 502 g/mol. The Hall–Kier alpha value is -3.19. The molecule has 0 saturated heterocycles. The highest BCUT2D eigenvalue weighted by Crippen LogP contribution is 2.24. The SMILES string of the molecule is COc1ccc(NC(=S)NNC(=O)CC(=O)CC(S)Nc2ccc(OC(F)(F)F)cc2)cc1. The van der Waals surface area contributed by atoms with Gasteiger partial charge in [-0.05, 0) is 60.7 Å². The maximum absolute atomic E-state index is 12.2. The number of thiol groups is 1. The van der Waals surface area contributed by atoms with Crippen LogP contribution in [0, 0.1) is 0 Å². The van der Waals surface area contributed by atoms with Crippen LogP contribution in [0.5, 0.6) is 11.5 Å². The van der Waals surface area contributed by atoms with Crippen molar-refractivity contribution in [2.75, 3.05) is 17.7 Å². The van der Waals surface area contributed by atoms with Crippen LogP contribution in [0.25, 0.3) is 0 Å². The molecule has 13 heteroatoms. The van der Waals surface area contributed by atoms with Gasteiger partial charge in [-0.25, -0.2) is 0 Å². The Morgan fingerprint density at radius 3 is 2.15 bits per heavy atom. The van der Waals surface area contributed by atoms with Gasteiger partial charge in [0.25, 0.3) is 0 Å². The summed E-state index contributed by atoms with van der Waals surface area (Å²) in [5.74, 6) is -0.708. The number of hydrogen-bond acceptors (Lipinski definition) is 7. The minimum Gasteiger partial charge on any atom is -0.497 e. The molecule has 1 unspecified atom stereocenters. The summed E-state index contributed by atoms with van der Waals surface area (Å²) in [7, 11) is 1.55. The van der Waals surface area contributed by atoms with Crippen molar-refractivity contribution in [1.29, 1.82) is 0 Å². The number of halogens is 3. The van der Waals surface area contributed by atoms with E-state index in [2.05, 4.69) is 38.9 Å². The molecule has 178 valence electrons. The predicted molar refractivity (Wildman–Crippen MR) is 124 cm³/mol. The molecule has 0 bridgehead atoms. The number of amides is 1. The average molecular weight is 503 g/mol. The Morgan fingerprint density at radius 2 is 1.58 bits per heavy atom. The van der Waals surface area contributed by atoms with Gasteiger partial charge in [0.15, 0.2) is 5.11 Å². The molecule has 8 nitrogen and oxygen atoms in total. The molecule has 1 atom stereocenters. The van der Waals surface area contributed by atoms with E-state index in [-0.39, 0.29) is 17.3 Å². The fourth-order valence-corrected chi connectivity index (χ4v) is 2.99. The lowest BCUT2D eigenvalue weighted by atomic mass is 10.2. The van der Waals surface area contributed by atoms with E-state index in [1.165, 1.54) is 12.1 Å². The number of carbonyl (C=O) groups is 2. The first-order valence-corrected chi connectivity index (χ1v) is 10.3. The van der Waals surface area contributed by atoms with Crippen LogP contribution < -0.4 is 31.0 Å². The van der Waals surface area contributed by atoms with Crippen LogP contribution >= 0.6 is 24.8 Å². The van der Waals surface area contributed by atoms with Crippen molar-refractivity contribution in [2.24, 2.45) is 0 Å². The van der Waals surface area contributed by atoms with Crippen LogP contribution in [0.2, 0.25) is 0 Å². The van der Waals surface area contributed by atoms with Crippen molar-refractivity contribution >= 4 is 53.0 Å². The van der Waals surface area contributed by atoms with Gasteiger partial charge in [0.05, 0.1) is 18.9 Å². The van der Waals surface area contributed by atoms with E-state index >= 15 is 0 Å². The number of rotatable bonds is 9. The summed E-state index contributed by atoms with van der Waals surface area (Å²) in [6, 6.07) is 11.9. The Morgan fingerprint density at radius 1 is 1.00 bits per heavy atom. The highest BCUT2D eigenvalue weighted by molar-refractivity contribution is 7.81. The smallest absolute Gasteiger partial charge is 0.497 e. The second-order valence-corrected chi connectivity index (χ2v) is 7.54. The number of thiocarbonyl (C=S) groups is 1. The highest BCUT2D eigenvalue weighted by atomic mass is 32.1. The average Bonchev–Trinajstić information content (AvgIpc) is 2.73. The zero-order valence-electron chi connectivity index (χ0n) is 17.2. The molecule has 0 aliphatic rings. The van der Waals surface area contributed by atoms with Gasteiger partial charge in [0, 0.05) is 17.8 Å². The lowest BCUT2D eigenvalue weighted by Crippen LogP contribution is -2.44. The third-order valence-electron chi connectivity index (χ3n) is 3.86. The van der Waals surface area contributed by atoms with Gasteiger partial charge in [-0.15, -0.1) is 13.2 Å². The second-order valence-electron chi connectivity index (χ2n) is 6.51. The molecule has 0 saturated carbocycles. The third-order valence-corrected chi connectivity index (χ3v) is 4.38. The van der Waals surface area contributed by atoms with E-state index < -0.39 is 29.8 Å². The van der Waals surface area contributed by atoms with Crippen molar-refractivity contribution in [3.63, 3.8) is 0 Å². The number of benzene rings is 2. The Balaban J connectivity index is 1.70. The van der Waals surface area contributed by atoms with Gasteiger partial charge in [-0.2, -0.15) is 12.6 Å². The first-order valence-electron chi connectivity index (χ1n) is 9.36. The number of hydrazine groups is 1. The molecule has 0 aromatic heterocycles. The van der Waals surface area contributed by atoms with E-state index in [1.54, 1.807) is 31.4 Å². The van der Waals surface area contributed by atoms with Crippen molar-refractivity contribution in [2.45, 2.75) is 24.6 Å². The minimum atomic E-state index is -4.78. The molecule has 0 aliphatic heterocycles. The number of methoxy groups -OCH3 is 1. The lowest BCUT2D eigenvalue weighted by Gasteiger charge is -2.15. The number of ether oxygens (including phenoxy) is 2. The Kier molecular flexibility index (Phi) is 9.60. The van der Waals surface area contributed by atoms with Crippen LogP contribution in [-0.2, 0) is 9.59 Å². The molecule has 0 heterocycles.